The largest absolute Gasteiger partial charge is 0.427 e. The van der Waals surface area contributed by atoms with Gasteiger partial charge in [-0.1, -0.05) is 0 Å². The lowest BCUT2D eigenvalue weighted by molar-refractivity contribution is -0.134. The second kappa shape index (κ2) is 2.27. The number of hydrogen-bond donors (Lipinski definition) is 0. The van der Waals surface area contributed by atoms with E-state index in [4.69, 9.17) is 0 Å². The molecule has 1 nitrogen and oxygen atoms in total. The molecule has 1 aromatic rings. The van der Waals surface area contributed by atoms with Crippen LogP contribution in [0.2, 0.25) is 0 Å². The fourth-order valence-corrected chi connectivity index (χ4v) is 1.14. The molecule has 0 fully saturated rings. The fraction of sp³-hybridized carbons (Fsp3) is 0.250. The van der Waals surface area contributed by atoms with Gasteiger partial charge >= 0.3 is 6.18 Å². The topological polar surface area (TPSA) is 12.9 Å². The molecule has 1 heterocycles. The normalized spacial score (nSPS) is 11.9. The highest BCUT2D eigenvalue weighted by Crippen LogP contribution is 2.30. The van der Waals surface area contributed by atoms with Gasteiger partial charge in [0, 0.05) is 11.1 Å². The molecule has 10 heavy (non-hydrogen) atoms. The predicted molar refractivity (Wildman–Crippen MR) is 35.3 cm³/mol. The number of nitrogens with zero attached hydrogens (tertiary/aromatic N) is 1. The van der Waals surface area contributed by atoms with Gasteiger partial charge in [-0.15, -0.1) is 11.3 Å². The molecule has 0 spiro atoms. The van der Waals surface area contributed by atoms with Gasteiger partial charge in [0.2, 0.25) is 0 Å². The van der Waals surface area contributed by atoms with E-state index in [0.717, 1.165) is 6.20 Å². The van der Waals surface area contributed by atoms with E-state index in [1.165, 1.54) is 0 Å². The van der Waals surface area contributed by atoms with Crippen LogP contribution < -0.4 is 4.91 Å². The fourth-order valence-electron chi connectivity index (χ4n) is 0.492. The predicted octanol–water partition coefficient (Wildman–Crippen LogP) is 0.420. The number of rotatable bonds is 0. The summed E-state index contributed by atoms with van der Waals surface area (Å²) in [5.41, 5.74) is 0. The third-order valence-corrected chi connectivity index (χ3v) is 1.86. The van der Waals surface area contributed by atoms with E-state index in [2.05, 4.69) is 4.98 Å². The number of alkyl halides is 3. The lowest BCUT2D eigenvalue weighted by Crippen LogP contribution is -2.01. The van der Waals surface area contributed by atoms with E-state index >= 15 is 0 Å². The van der Waals surface area contributed by atoms with E-state index in [9.17, 15) is 13.2 Å². The molecule has 0 aliphatic rings. The van der Waals surface area contributed by atoms with Gasteiger partial charge in [-0.25, -0.2) is 0 Å². The first-order chi connectivity index (χ1) is 4.50. The Morgan fingerprint density at radius 2 is 2.10 bits per heavy atom. The maximum absolute atomic E-state index is 11.8. The molecule has 0 aliphatic heterocycles. The molecule has 0 aliphatic carbocycles. The van der Waals surface area contributed by atoms with Gasteiger partial charge in [-0.05, 0) is 0 Å². The number of aromatic nitrogens is 1. The summed E-state index contributed by atoms with van der Waals surface area (Å²) in [4.78, 5) is 3.28. The van der Waals surface area contributed by atoms with E-state index in [1.807, 2.05) is 0 Å². The molecule has 0 atom stereocenters. The van der Waals surface area contributed by atoms with Gasteiger partial charge in [-0.3, -0.25) is 4.98 Å². The number of halogens is 3. The minimum absolute atomic E-state index is 0.437. The van der Waals surface area contributed by atoms with Gasteiger partial charge in [0.15, 0.2) is 7.85 Å². The van der Waals surface area contributed by atoms with Crippen LogP contribution in [-0.4, -0.2) is 12.8 Å². The first kappa shape index (κ1) is 7.59. The summed E-state index contributed by atoms with van der Waals surface area (Å²) in [7, 11) is 1.54. The third kappa shape index (κ3) is 1.50. The zero-order valence-electron chi connectivity index (χ0n) is 5.07. The minimum Gasteiger partial charge on any atom is -0.260 e. The second-order valence-corrected chi connectivity index (χ2v) is 2.98. The van der Waals surface area contributed by atoms with E-state index < -0.39 is 11.1 Å². The summed E-state index contributed by atoms with van der Waals surface area (Å²) in [6.07, 6.45) is -3.38. The van der Waals surface area contributed by atoms with E-state index in [-0.39, 0.29) is 0 Å². The zero-order valence-corrected chi connectivity index (χ0v) is 5.88. The molecule has 0 saturated heterocycles. The average Bonchev–Trinajstić information content (AvgIpc) is 2.11. The lowest BCUT2D eigenvalue weighted by atomic mass is 10.2. The molecule has 0 N–H and O–H groups in total. The van der Waals surface area contributed by atoms with Gasteiger partial charge in [-0.2, -0.15) is 13.2 Å². The van der Waals surface area contributed by atoms with Crippen molar-refractivity contribution >= 4 is 24.1 Å². The maximum Gasteiger partial charge on any atom is 0.427 e. The van der Waals surface area contributed by atoms with Crippen LogP contribution in [0.25, 0.3) is 0 Å². The van der Waals surface area contributed by atoms with Crippen molar-refractivity contribution in [2.24, 2.45) is 0 Å². The first-order valence-corrected chi connectivity index (χ1v) is 3.31. The summed E-state index contributed by atoms with van der Waals surface area (Å²) < 4.78 is 35.3. The van der Waals surface area contributed by atoms with Crippen LogP contribution in [0.5, 0.6) is 0 Å². The second-order valence-electron chi connectivity index (χ2n) is 1.74. The SMILES string of the molecule is Bc1ncc(C(F)(F)F)s1. The highest BCUT2D eigenvalue weighted by atomic mass is 32.1. The third-order valence-electron chi connectivity index (χ3n) is 0.901. The summed E-state index contributed by atoms with van der Waals surface area (Å²) in [6.45, 7) is 0. The van der Waals surface area contributed by atoms with Crippen molar-refractivity contribution in [3.63, 3.8) is 0 Å². The number of hydrogen-bond acceptors (Lipinski definition) is 2. The van der Waals surface area contributed by atoms with Gasteiger partial charge in [0.05, 0.1) is 0 Å². The standard InChI is InChI=1S/C4H3BF3NS/c5-3-9-1-2(10-3)4(6,7)8/h1H,5H2. The highest BCUT2D eigenvalue weighted by molar-refractivity contribution is 7.19. The highest BCUT2D eigenvalue weighted by Gasteiger charge is 2.32. The summed E-state index contributed by atoms with van der Waals surface area (Å²) in [5.74, 6) is 0. The Hall–Kier alpha value is -0.515. The van der Waals surface area contributed by atoms with E-state index in [1.54, 1.807) is 7.85 Å². The van der Waals surface area contributed by atoms with E-state index in [0.29, 0.717) is 16.2 Å². The molecular formula is C4H3BF3NS. The molecule has 6 heteroatoms. The number of thiazole rings is 1. The zero-order chi connectivity index (χ0) is 7.78. The van der Waals surface area contributed by atoms with Crippen molar-refractivity contribution in [1.82, 2.24) is 4.98 Å². The first-order valence-electron chi connectivity index (χ1n) is 2.50. The molecule has 1 aromatic heterocycles. The van der Waals surface area contributed by atoms with Crippen LogP contribution >= 0.6 is 11.3 Å². The van der Waals surface area contributed by atoms with Crippen molar-refractivity contribution in [3.8, 4) is 0 Å². The van der Waals surface area contributed by atoms with Crippen LogP contribution in [0.15, 0.2) is 6.20 Å². The molecule has 0 bridgehead atoms. The van der Waals surface area contributed by atoms with Gasteiger partial charge in [0.25, 0.3) is 0 Å². The summed E-state index contributed by atoms with van der Waals surface area (Å²) in [5, 5.41) is 0. The van der Waals surface area contributed by atoms with Crippen molar-refractivity contribution in [3.05, 3.63) is 11.1 Å². The van der Waals surface area contributed by atoms with Crippen LogP contribution in [0, 0.1) is 0 Å². The lowest BCUT2D eigenvalue weighted by Gasteiger charge is -1.98. The van der Waals surface area contributed by atoms with Crippen LogP contribution in [0.4, 0.5) is 13.2 Å². The molecule has 0 amide bonds. The van der Waals surface area contributed by atoms with Crippen LogP contribution in [0.3, 0.4) is 0 Å². The smallest absolute Gasteiger partial charge is 0.260 e. The Balaban J connectivity index is 2.96. The monoisotopic (exact) mass is 165 g/mol. The molecule has 0 saturated carbocycles. The maximum atomic E-state index is 11.8. The Morgan fingerprint density at radius 1 is 1.50 bits per heavy atom. The minimum atomic E-state index is -4.23. The van der Waals surface area contributed by atoms with Gasteiger partial charge in [0.1, 0.15) is 4.88 Å². The van der Waals surface area contributed by atoms with Crippen molar-refractivity contribution < 1.29 is 13.2 Å². The van der Waals surface area contributed by atoms with Gasteiger partial charge < -0.3 is 0 Å². The van der Waals surface area contributed by atoms with Crippen molar-refractivity contribution in [2.75, 3.05) is 0 Å². The van der Waals surface area contributed by atoms with Crippen LogP contribution in [0.1, 0.15) is 4.88 Å². The molecule has 0 unspecified atom stereocenters. The molecule has 0 aromatic carbocycles. The average molecular weight is 165 g/mol. The van der Waals surface area contributed by atoms with Crippen molar-refractivity contribution in [2.45, 2.75) is 6.18 Å². The Labute approximate surface area is 60.3 Å². The van der Waals surface area contributed by atoms with Crippen molar-refractivity contribution in [1.29, 1.82) is 0 Å². The summed E-state index contributed by atoms with van der Waals surface area (Å²) in [6, 6.07) is 0. The Morgan fingerprint density at radius 3 is 2.30 bits per heavy atom. The summed E-state index contributed by atoms with van der Waals surface area (Å²) >= 11 is 0.659. The Kier molecular flexibility index (Phi) is 1.72. The molecular weight excluding hydrogens is 162 g/mol. The quantitative estimate of drug-likeness (QED) is 0.507. The molecule has 0 radical (unpaired) electrons. The molecule has 54 valence electrons. The van der Waals surface area contributed by atoms with Crippen LogP contribution in [-0.2, 0) is 6.18 Å². The Bertz CT molecular complexity index is 231. The molecule has 1 rings (SSSR count).